The molecule has 10 nitrogen and oxygen atoms in total. The Bertz CT molecular complexity index is 984. The smallest absolute Gasteiger partial charge is 0.358 e. The van der Waals surface area contributed by atoms with Gasteiger partial charge in [-0.2, -0.15) is 9.67 Å². The molecule has 2 heterocycles. The van der Waals surface area contributed by atoms with Crippen molar-refractivity contribution in [2.45, 2.75) is 26.4 Å². The van der Waals surface area contributed by atoms with E-state index in [4.69, 9.17) is 4.52 Å². The lowest BCUT2D eigenvalue weighted by Crippen LogP contribution is -2.26. The maximum Gasteiger partial charge on any atom is 0.404 e. The summed E-state index contributed by atoms with van der Waals surface area (Å²) in [6, 6.07) is 9.22. The molecule has 27 heavy (non-hydrogen) atoms. The molecule has 0 saturated heterocycles. The van der Waals surface area contributed by atoms with Crippen molar-refractivity contribution in [3.05, 3.63) is 67.9 Å². The Morgan fingerprint density at radius 3 is 2.74 bits per heavy atom. The SMILES string of the molecule is Cc1c(Br)c([N+](=O)[O-])nn1Cc1noc(C(=O)NC(C)c2ccccc2)n1. The molecule has 0 aliphatic carbocycles. The first-order valence-electron chi connectivity index (χ1n) is 7.92. The van der Waals surface area contributed by atoms with Gasteiger partial charge in [-0.15, -0.1) is 0 Å². The van der Waals surface area contributed by atoms with Crippen molar-refractivity contribution < 1.29 is 14.2 Å². The van der Waals surface area contributed by atoms with Crippen molar-refractivity contribution in [1.82, 2.24) is 25.2 Å². The van der Waals surface area contributed by atoms with Gasteiger partial charge in [0.05, 0.1) is 16.8 Å². The maximum atomic E-state index is 12.3. The average molecular weight is 435 g/mol. The number of carbonyl (C=O) groups is 1. The van der Waals surface area contributed by atoms with Gasteiger partial charge >= 0.3 is 17.6 Å². The molecule has 3 rings (SSSR count). The second-order valence-corrected chi connectivity index (χ2v) is 6.55. The van der Waals surface area contributed by atoms with Crippen LogP contribution in [-0.4, -0.2) is 30.8 Å². The fourth-order valence-electron chi connectivity index (χ4n) is 2.41. The summed E-state index contributed by atoms with van der Waals surface area (Å²) in [5.74, 6) is -0.813. The largest absolute Gasteiger partial charge is 0.404 e. The number of nitro groups is 1. The molecule has 0 fully saturated rings. The highest BCUT2D eigenvalue weighted by Crippen LogP contribution is 2.27. The van der Waals surface area contributed by atoms with Gasteiger partial charge < -0.3 is 20.0 Å². The van der Waals surface area contributed by atoms with Crippen LogP contribution in [0.2, 0.25) is 0 Å². The standard InChI is InChI=1S/C16H15BrN6O4/c1-9(11-6-4-3-5-7-11)18-15(24)16-19-12(21-27-16)8-22-10(2)13(17)14(20-22)23(25)26/h3-7,9H,8H2,1-2H3,(H,18,24). The Kier molecular flexibility index (Phi) is 5.31. The third-order valence-electron chi connectivity index (χ3n) is 3.89. The van der Waals surface area contributed by atoms with Gasteiger partial charge in [-0.1, -0.05) is 35.5 Å². The van der Waals surface area contributed by atoms with Crippen molar-refractivity contribution in [2.24, 2.45) is 0 Å². The highest BCUT2D eigenvalue weighted by Gasteiger charge is 2.25. The Balaban J connectivity index is 1.71. The molecule has 2 aromatic heterocycles. The number of aromatic nitrogens is 4. The zero-order chi connectivity index (χ0) is 19.6. The van der Waals surface area contributed by atoms with E-state index in [0.29, 0.717) is 5.69 Å². The first-order valence-corrected chi connectivity index (χ1v) is 8.71. The number of rotatable bonds is 6. The molecule has 0 bridgehead atoms. The van der Waals surface area contributed by atoms with Crippen molar-refractivity contribution in [1.29, 1.82) is 0 Å². The quantitative estimate of drug-likeness (QED) is 0.466. The minimum atomic E-state index is -0.590. The number of halogens is 1. The Hall–Kier alpha value is -3.08. The highest BCUT2D eigenvalue weighted by atomic mass is 79.9. The van der Waals surface area contributed by atoms with E-state index in [0.717, 1.165) is 5.56 Å². The molecule has 11 heteroatoms. The van der Waals surface area contributed by atoms with E-state index in [1.54, 1.807) is 6.92 Å². The van der Waals surface area contributed by atoms with E-state index in [9.17, 15) is 14.9 Å². The minimum absolute atomic E-state index is 0.0310. The molecule has 1 N–H and O–H groups in total. The normalized spacial score (nSPS) is 12.0. The molecule has 1 atom stereocenters. The Morgan fingerprint density at radius 2 is 2.11 bits per heavy atom. The van der Waals surface area contributed by atoms with Crippen LogP contribution in [0.15, 0.2) is 39.3 Å². The van der Waals surface area contributed by atoms with Gasteiger partial charge in [-0.25, -0.2) is 0 Å². The second-order valence-electron chi connectivity index (χ2n) is 5.76. The van der Waals surface area contributed by atoms with Crippen LogP contribution in [0.1, 0.15) is 40.7 Å². The molecule has 0 radical (unpaired) electrons. The van der Waals surface area contributed by atoms with Crippen LogP contribution < -0.4 is 5.32 Å². The third kappa shape index (κ3) is 4.03. The van der Waals surface area contributed by atoms with Crippen LogP contribution in [0.4, 0.5) is 5.82 Å². The van der Waals surface area contributed by atoms with Gasteiger partial charge in [0.25, 0.3) is 0 Å². The first kappa shape index (κ1) is 18.7. The molecule has 0 aliphatic heterocycles. The Labute approximate surface area is 161 Å². The fourth-order valence-corrected chi connectivity index (χ4v) is 2.84. The lowest BCUT2D eigenvalue weighted by Gasteiger charge is -2.12. The van der Waals surface area contributed by atoms with Crippen LogP contribution >= 0.6 is 15.9 Å². The second kappa shape index (κ2) is 7.66. The van der Waals surface area contributed by atoms with Gasteiger partial charge in [-0.3, -0.25) is 4.79 Å². The van der Waals surface area contributed by atoms with E-state index >= 15 is 0 Å². The van der Waals surface area contributed by atoms with Crippen LogP contribution in [0.5, 0.6) is 0 Å². The van der Waals surface area contributed by atoms with E-state index in [2.05, 4.69) is 36.5 Å². The summed E-state index contributed by atoms with van der Waals surface area (Å²) < 4.78 is 6.65. The maximum absolute atomic E-state index is 12.3. The van der Waals surface area contributed by atoms with Crippen molar-refractivity contribution in [2.75, 3.05) is 0 Å². The van der Waals surface area contributed by atoms with Crippen LogP contribution in [-0.2, 0) is 6.54 Å². The molecular formula is C16H15BrN6O4. The zero-order valence-electron chi connectivity index (χ0n) is 14.4. The van der Waals surface area contributed by atoms with Gasteiger partial charge in [0.15, 0.2) is 5.82 Å². The molecule has 0 spiro atoms. The fraction of sp³-hybridized carbons (Fsp3) is 0.250. The van der Waals surface area contributed by atoms with E-state index in [1.807, 2.05) is 37.3 Å². The summed E-state index contributed by atoms with van der Waals surface area (Å²) in [6.45, 7) is 3.54. The zero-order valence-corrected chi connectivity index (χ0v) is 16.0. The van der Waals surface area contributed by atoms with Crippen LogP contribution in [0, 0.1) is 17.0 Å². The summed E-state index contributed by atoms with van der Waals surface area (Å²) in [5, 5.41) is 21.4. The van der Waals surface area contributed by atoms with Gasteiger partial charge in [0.1, 0.15) is 11.0 Å². The van der Waals surface area contributed by atoms with Crippen molar-refractivity contribution in [3.8, 4) is 0 Å². The van der Waals surface area contributed by atoms with Crippen LogP contribution in [0.25, 0.3) is 0 Å². The van der Waals surface area contributed by atoms with E-state index in [1.165, 1.54) is 4.68 Å². The molecule has 1 aromatic carbocycles. The average Bonchev–Trinajstić information content (AvgIpc) is 3.23. The molecule has 3 aromatic rings. The Morgan fingerprint density at radius 1 is 1.41 bits per heavy atom. The predicted molar refractivity (Wildman–Crippen MR) is 97.0 cm³/mol. The van der Waals surface area contributed by atoms with Crippen molar-refractivity contribution in [3.63, 3.8) is 0 Å². The lowest BCUT2D eigenvalue weighted by atomic mass is 10.1. The van der Waals surface area contributed by atoms with E-state index < -0.39 is 10.8 Å². The topological polar surface area (TPSA) is 129 Å². The number of carbonyl (C=O) groups excluding carboxylic acids is 1. The monoisotopic (exact) mass is 434 g/mol. The summed E-state index contributed by atoms with van der Waals surface area (Å²) in [4.78, 5) is 26.7. The number of benzene rings is 1. The van der Waals surface area contributed by atoms with Crippen LogP contribution in [0.3, 0.4) is 0 Å². The number of nitrogens with zero attached hydrogens (tertiary/aromatic N) is 5. The number of nitrogens with one attached hydrogen (secondary N) is 1. The summed E-state index contributed by atoms with van der Waals surface area (Å²) in [6.07, 6.45) is 0. The van der Waals surface area contributed by atoms with Crippen molar-refractivity contribution >= 4 is 27.7 Å². The third-order valence-corrected chi connectivity index (χ3v) is 4.82. The lowest BCUT2D eigenvalue weighted by molar-refractivity contribution is -0.390. The first-order chi connectivity index (χ1) is 12.9. The van der Waals surface area contributed by atoms with Gasteiger partial charge in [0, 0.05) is 0 Å². The number of hydrogen-bond donors (Lipinski definition) is 1. The van der Waals surface area contributed by atoms with Gasteiger partial charge in [-0.05, 0) is 40.3 Å². The van der Waals surface area contributed by atoms with Gasteiger partial charge in [0.2, 0.25) is 0 Å². The summed E-state index contributed by atoms with van der Waals surface area (Å²) in [7, 11) is 0. The molecular weight excluding hydrogens is 420 g/mol. The number of amides is 1. The summed E-state index contributed by atoms with van der Waals surface area (Å²) in [5.41, 5.74) is 1.48. The summed E-state index contributed by atoms with van der Waals surface area (Å²) >= 11 is 3.14. The molecule has 1 amide bonds. The highest BCUT2D eigenvalue weighted by molar-refractivity contribution is 9.10. The molecule has 0 saturated carbocycles. The predicted octanol–water partition coefficient (Wildman–Crippen LogP) is 2.78. The molecule has 1 unspecified atom stereocenters. The number of hydrogen-bond acceptors (Lipinski definition) is 7. The minimum Gasteiger partial charge on any atom is -0.358 e. The molecule has 0 aliphatic rings. The van der Waals surface area contributed by atoms with E-state index in [-0.39, 0.29) is 34.6 Å². The molecule has 140 valence electrons.